The summed E-state index contributed by atoms with van der Waals surface area (Å²) in [5.41, 5.74) is 0.328. The van der Waals surface area contributed by atoms with E-state index in [2.05, 4.69) is 10.1 Å². The number of methoxy groups -OCH3 is 1. The Hall–Kier alpha value is -2.70. The van der Waals surface area contributed by atoms with Gasteiger partial charge in [0.05, 0.1) is 12.7 Å². The largest absolute Gasteiger partial charge is 0.480 e. The van der Waals surface area contributed by atoms with E-state index in [0.717, 1.165) is 0 Å². The third kappa shape index (κ3) is 5.54. The molecule has 23 heavy (non-hydrogen) atoms. The van der Waals surface area contributed by atoms with Crippen LogP contribution in [0, 0.1) is 0 Å². The van der Waals surface area contributed by atoms with Crippen LogP contribution in [0.3, 0.4) is 0 Å². The molecule has 0 aliphatic rings. The molecule has 0 radical (unpaired) electrons. The van der Waals surface area contributed by atoms with Crippen molar-refractivity contribution in [3.63, 3.8) is 0 Å². The van der Waals surface area contributed by atoms with Gasteiger partial charge in [-0.25, -0.2) is 9.59 Å². The number of carboxylic acids is 1. The molecule has 0 heterocycles. The highest BCUT2D eigenvalue weighted by Gasteiger charge is 2.21. The number of hydrogen-bond donors (Lipinski definition) is 2. The fraction of sp³-hybridized carbons (Fsp3) is 0.375. The van der Waals surface area contributed by atoms with Crippen LogP contribution in [0.4, 0.5) is 0 Å². The van der Waals surface area contributed by atoms with Crippen molar-refractivity contribution in [1.82, 2.24) is 5.32 Å². The fourth-order valence-electron chi connectivity index (χ4n) is 1.89. The first-order valence-corrected chi connectivity index (χ1v) is 7.12. The van der Waals surface area contributed by atoms with E-state index in [-0.39, 0.29) is 29.8 Å². The number of aliphatic carboxylic acids is 1. The number of carboxylic acid groups (broad SMARTS) is 1. The van der Waals surface area contributed by atoms with Crippen LogP contribution in [-0.4, -0.2) is 41.9 Å². The molecular weight excluding hydrogens is 302 g/mol. The Balaban J connectivity index is 2.80. The third-order valence-electron chi connectivity index (χ3n) is 3.26. The topological polar surface area (TPSA) is 110 Å². The highest BCUT2D eigenvalue weighted by atomic mass is 16.5. The van der Waals surface area contributed by atoms with Crippen LogP contribution < -0.4 is 5.32 Å². The summed E-state index contributed by atoms with van der Waals surface area (Å²) in [7, 11) is 1.22. The molecule has 7 nitrogen and oxygen atoms in total. The van der Waals surface area contributed by atoms with Crippen molar-refractivity contribution >= 4 is 23.6 Å². The molecule has 1 aromatic carbocycles. The Labute approximate surface area is 133 Å². The van der Waals surface area contributed by atoms with Crippen molar-refractivity contribution in [3.05, 3.63) is 35.4 Å². The summed E-state index contributed by atoms with van der Waals surface area (Å²) < 4.78 is 4.57. The number of benzene rings is 1. The smallest absolute Gasteiger partial charge is 0.337 e. The third-order valence-corrected chi connectivity index (χ3v) is 3.26. The van der Waals surface area contributed by atoms with Crippen LogP contribution >= 0.6 is 0 Å². The predicted octanol–water partition coefficient (Wildman–Crippen LogP) is 1.42. The van der Waals surface area contributed by atoms with Crippen LogP contribution in [0.15, 0.2) is 24.3 Å². The van der Waals surface area contributed by atoms with Gasteiger partial charge in [0.15, 0.2) is 0 Å². The van der Waals surface area contributed by atoms with E-state index < -0.39 is 23.9 Å². The number of rotatable bonds is 8. The van der Waals surface area contributed by atoms with Crippen LogP contribution in [0.2, 0.25) is 0 Å². The number of nitrogens with one attached hydrogen (secondary N) is 1. The molecule has 0 fully saturated rings. The number of ketones is 1. The summed E-state index contributed by atoms with van der Waals surface area (Å²) in [6.45, 7) is 1.69. The lowest BCUT2D eigenvalue weighted by Crippen LogP contribution is -2.41. The molecule has 0 unspecified atom stereocenters. The Bertz CT molecular complexity index is 610. The number of hydrogen-bond acceptors (Lipinski definition) is 5. The number of carbonyl (C=O) groups excluding carboxylic acids is 3. The standard InChI is InChI=1S/C16H19NO6/c1-3-12(18)7-8-13(15(20)21)17-14(19)10-5-4-6-11(9-10)16(22)23-2/h4-6,9,13H,3,7-8H2,1-2H3,(H,17,19)(H,20,21)/t13-/m0/s1. The predicted molar refractivity (Wildman–Crippen MR) is 81.2 cm³/mol. The lowest BCUT2D eigenvalue weighted by Gasteiger charge is -2.14. The molecule has 0 aliphatic carbocycles. The van der Waals surface area contributed by atoms with Gasteiger partial charge >= 0.3 is 11.9 Å². The van der Waals surface area contributed by atoms with Gasteiger partial charge in [0.25, 0.3) is 5.91 Å². The van der Waals surface area contributed by atoms with E-state index in [4.69, 9.17) is 5.11 Å². The van der Waals surface area contributed by atoms with E-state index in [1.54, 1.807) is 6.92 Å². The van der Waals surface area contributed by atoms with Gasteiger partial charge in [-0.15, -0.1) is 0 Å². The van der Waals surface area contributed by atoms with Gasteiger partial charge in [0, 0.05) is 18.4 Å². The minimum Gasteiger partial charge on any atom is -0.480 e. The van der Waals surface area contributed by atoms with E-state index in [1.807, 2.05) is 0 Å². The minimum atomic E-state index is -1.22. The van der Waals surface area contributed by atoms with Gasteiger partial charge in [-0.1, -0.05) is 13.0 Å². The zero-order chi connectivity index (χ0) is 17.4. The SMILES string of the molecule is CCC(=O)CC[C@H](NC(=O)c1cccc(C(=O)OC)c1)C(=O)O. The second-order valence-electron chi connectivity index (χ2n) is 4.87. The van der Waals surface area contributed by atoms with Crippen molar-refractivity contribution in [2.75, 3.05) is 7.11 Å². The van der Waals surface area contributed by atoms with Crippen LogP contribution in [0.1, 0.15) is 46.9 Å². The van der Waals surface area contributed by atoms with Crippen molar-refractivity contribution in [2.45, 2.75) is 32.2 Å². The Morgan fingerprint density at radius 2 is 1.87 bits per heavy atom. The van der Waals surface area contributed by atoms with Gasteiger partial charge in [-0.2, -0.15) is 0 Å². The molecule has 1 rings (SSSR count). The lowest BCUT2D eigenvalue weighted by molar-refractivity contribution is -0.139. The summed E-state index contributed by atoms with van der Waals surface area (Å²) in [5.74, 6) is -2.51. The normalized spacial score (nSPS) is 11.4. The molecular formula is C16H19NO6. The lowest BCUT2D eigenvalue weighted by atomic mass is 10.1. The molecule has 0 saturated heterocycles. The second kappa shape index (κ2) is 8.67. The zero-order valence-corrected chi connectivity index (χ0v) is 13.0. The zero-order valence-electron chi connectivity index (χ0n) is 13.0. The maximum Gasteiger partial charge on any atom is 0.337 e. The highest BCUT2D eigenvalue weighted by molar-refractivity contribution is 5.99. The number of carbonyl (C=O) groups is 4. The van der Waals surface area contributed by atoms with Crippen LogP contribution in [0.5, 0.6) is 0 Å². The molecule has 1 aromatic rings. The number of amides is 1. The Kier molecular flexibility index (Phi) is 6.92. The van der Waals surface area contributed by atoms with Gasteiger partial charge < -0.3 is 15.2 Å². The maximum atomic E-state index is 12.1. The highest BCUT2D eigenvalue weighted by Crippen LogP contribution is 2.08. The van der Waals surface area contributed by atoms with E-state index in [0.29, 0.717) is 6.42 Å². The quantitative estimate of drug-likeness (QED) is 0.701. The first-order valence-electron chi connectivity index (χ1n) is 7.12. The molecule has 124 valence electrons. The summed E-state index contributed by atoms with van der Waals surface area (Å²) in [4.78, 5) is 46.0. The Morgan fingerprint density at radius 1 is 1.22 bits per heavy atom. The summed E-state index contributed by atoms with van der Waals surface area (Å²) >= 11 is 0. The van der Waals surface area contributed by atoms with Crippen LogP contribution in [0.25, 0.3) is 0 Å². The second-order valence-corrected chi connectivity index (χ2v) is 4.87. The Morgan fingerprint density at radius 3 is 2.43 bits per heavy atom. The van der Waals surface area contributed by atoms with Gasteiger partial charge in [-0.05, 0) is 24.6 Å². The molecule has 1 atom stereocenters. The van der Waals surface area contributed by atoms with Crippen molar-refractivity contribution < 1.29 is 29.0 Å². The monoisotopic (exact) mass is 321 g/mol. The molecule has 0 bridgehead atoms. The minimum absolute atomic E-state index is 0.0183. The molecule has 7 heteroatoms. The number of ether oxygens (including phenoxy) is 1. The molecule has 1 amide bonds. The maximum absolute atomic E-state index is 12.1. The molecule has 0 aliphatic heterocycles. The summed E-state index contributed by atoms with van der Waals surface area (Å²) in [5, 5.41) is 11.5. The van der Waals surface area contributed by atoms with E-state index in [9.17, 15) is 19.2 Å². The molecule has 2 N–H and O–H groups in total. The van der Waals surface area contributed by atoms with Gasteiger partial charge in [-0.3, -0.25) is 9.59 Å². The summed E-state index contributed by atoms with van der Waals surface area (Å²) in [6.07, 6.45) is 0.418. The van der Waals surface area contributed by atoms with Crippen LogP contribution in [-0.2, 0) is 14.3 Å². The van der Waals surface area contributed by atoms with Crippen molar-refractivity contribution in [2.24, 2.45) is 0 Å². The number of esters is 1. The van der Waals surface area contributed by atoms with E-state index in [1.165, 1.54) is 31.4 Å². The molecule has 0 saturated carbocycles. The van der Waals surface area contributed by atoms with Gasteiger partial charge in [0.1, 0.15) is 11.8 Å². The van der Waals surface area contributed by atoms with Gasteiger partial charge in [0.2, 0.25) is 0 Å². The van der Waals surface area contributed by atoms with Crippen molar-refractivity contribution in [3.8, 4) is 0 Å². The van der Waals surface area contributed by atoms with E-state index >= 15 is 0 Å². The summed E-state index contributed by atoms with van der Waals surface area (Å²) in [6, 6.07) is 4.59. The fourth-order valence-corrected chi connectivity index (χ4v) is 1.89. The average molecular weight is 321 g/mol. The first kappa shape index (κ1) is 18.3. The molecule has 0 aromatic heterocycles. The first-order chi connectivity index (χ1) is 10.9. The average Bonchev–Trinajstić information content (AvgIpc) is 2.56. The van der Waals surface area contributed by atoms with Crippen molar-refractivity contribution in [1.29, 1.82) is 0 Å². The molecule has 0 spiro atoms. The number of Topliss-reactive ketones (excluding diaryl/α,β-unsaturated/α-hetero) is 1.